The fourth-order valence-corrected chi connectivity index (χ4v) is 4.41. The Balaban J connectivity index is 3.13. The van der Waals surface area contributed by atoms with Crippen LogP contribution in [0.15, 0.2) is 11.0 Å². The van der Waals surface area contributed by atoms with Crippen molar-refractivity contribution in [3.05, 3.63) is 15.8 Å². The van der Waals surface area contributed by atoms with E-state index in [1.165, 1.54) is 17.4 Å². The molecule has 0 saturated carbocycles. The number of halogens is 1. The number of aryl methyl sites for hydroxylation is 1. The van der Waals surface area contributed by atoms with Crippen molar-refractivity contribution in [1.82, 2.24) is 4.90 Å². The molecule has 0 saturated heterocycles. The van der Waals surface area contributed by atoms with Gasteiger partial charge in [0.2, 0.25) is 0 Å². The Bertz CT molecular complexity index is 564. The molecule has 0 aromatic carbocycles. The Morgan fingerprint density at radius 3 is 2.42 bits per heavy atom. The predicted molar refractivity (Wildman–Crippen MR) is 78.6 cm³/mol. The minimum atomic E-state index is -3.79. The summed E-state index contributed by atoms with van der Waals surface area (Å²) in [4.78, 5) is 15.1. The predicted octanol–water partition coefficient (Wildman–Crippen LogP) is 3.24. The number of hydrogen-bond donors (Lipinski definition) is 0. The smallest absolute Gasteiger partial charge is 0.264 e. The third kappa shape index (κ3) is 3.94. The molecule has 1 heterocycles. The maximum atomic E-state index is 12.4. The standard InChI is InChI=1S/C12H18ClNO3S2/c1-5-6-14(8(2)3)12(15)10-7-11(9(4)18-10)19(13,16)17/h7-8H,5-6H2,1-4H3. The topological polar surface area (TPSA) is 54.5 Å². The average Bonchev–Trinajstić information content (AvgIpc) is 2.66. The first-order valence-electron chi connectivity index (χ1n) is 6.04. The van der Waals surface area contributed by atoms with Crippen LogP contribution in [0.1, 0.15) is 41.7 Å². The minimum absolute atomic E-state index is 0.0303. The second-order valence-electron chi connectivity index (χ2n) is 4.56. The molecule has 1 rings (SSSR count). The van der Waals surface area contributed by atoms with Gasteiger partial charge >= 0.3 is 0 Å². The number of rotatable bonds is 5. The van der Waals surface area contributed by atoms with Gasteiger partial charge in [0.25, 0.3) is 15.0 Å². The van der Waals surface area contributed by atoms with Crippen LogP contribution in [0.3, 0.4) is 0 Å². The van der Waals surface area contributed by atoms with E-state index in [9.17, 15) is 13.2 Å². The fourth-order valence-electron chi connectivity index (χ4n) is 1.79. The Hall–Kier alpha value is -0.590. The zero-order valence-corrected chi connectivity index (χ0v) is 13.8. The van der Waals surface area contributed by atoms with E-state index in [1.54, 1.807) is 11.8 Å². The highest BCUT2D eigenvalue weighted by Gasteiger charge is 2.24. The van der Waals surface area contributed by atoms with Crippen LogP contribution in [0.25, 0.3) is 0 Å². The maximum absolute atomic E-state index is 12.4. The van der Waals surface area contributed by atoms with E-state index in [4.69, 9.17) is 10.7 Å². The lowest BCUT2D eigenvalue weighted by atomic mass is 10.2. The zero-order chi connectivity index (χ0) is 14.8. The van der Waals surface area contributed by atoms with Crippen molar-refractivity contribution < 1.29 is 13.2 Å². The van der Waals surface area contributed by atoms with Crippen molar-refractivity contribution in [3.8, 4) is 0 Å². The molecular formula is C12H18ClNO3S2. The summed E-state index contributed by atoms with van der Waals surface area (Å²) < 4.78 is 22.7. The molecule has 1 aromatic heterocycles. The highest BCUT2D eigenvalue weighted by Crippen LogP contribution is 2.29. The second-order valence-corrected chi connectivity index (χ2v) is 8.35. The van der Waals surface area contributed by atoms with Gasteiger partial charge in [-0.1, -0.05) is 6.92 Å². The quantitative estimate of drug-likeness (QED) is 0.782. The molecule has 0 atom stereocenters. The molecule has 0 radical (unpaired) electrons. The second kappa shape index (κ2) is 6.24. The summed E-state index contributed by atoms with van der Waals surface area (Å²) in [5.41, 5.74) is 0. The van der Waals surface area contributed by atoms with E-state index < -0.39 is 9.05 Å². The van der Waals surface area contributed by atoms with Crippen molar-refractivity contribution >= 4 is 37.0 Å². The van der Waals surface area contributed by atoms with E-state index in [1.807, 2.05) is 20.8 Å². The lowest BCUT2D eigenvalue weighted by molar-refractivity contribution is 0.0711. The van der Waals surface area contributed by atoms with E-state index in [0.717, 1.165) is 6.42 Å². The van der Waals surface area contributed by atoms with Crippen molar-refractivity contribution in [3.63, 3.8) is 0 Å². The molecule has 4 nitrogen and oxygen atoms in total. The normalized spacial score (nSPS) is 11.9. The van der Waals surface area contributed by atoms with Crippen LogP contribution in [0.5, 0.6) is 0 Å². The minimum Gasteiger partial charge on any atom is -0.336 e. The molecule has 7 heteroatoms. The Morgan fingerprint density at radius 1 is 1.47 bits per heavy atom. The summed E-state index contributed by atoms with van der Waals surface area (Å²) in [7, 11) is 1.55. The third-order valence-corrected chi connectivity index (χ3v) is 5.31. The number of carbonyl (C=O) groups excluding carboxylic acids is 1. The largest absolute Gasteiger partial charge is 0.336 e. The van der Waals surface area contributed by atoms with E-state index in [0.29, 0.717) is 16.3 Å². The first-order chi connectivity index (χ1) is 8.68. The summed E-state index contributed by atoms with van der Waals surface area (Å²) in [6.07, 6.45) is 0.856. The lowest BCUT2D eigenvalue weighted by Crippen LogP contribution is -2.37. The number of amides is 1. The van der Waals surface area contributed by atoms with Gasteiger partial charge < -0.3 is 4.90 Å². The van der Waals surface area contributed by atoms with Crippen LogP contribution in [0, 0.1) is 6.92 Å². The first kappa shape index (κ1) is 16.5. The van der Waals surface area contributed by atoms with Crippen molar-refractivity contribution in [2.45, 2.75) is 45.1 Å². The van der Waals surface area contributed by atoms with Gasteiger partial charge in [0.1, 0.15) is 0 Å². The average molecular weight is 324 g/mol. The van der Waals surface area contributed by atoms with Crippen LogP contribution >= 0.6 is 22.0 Å². The Labute approximate surface area is 122 Å². The molecule has 0 bridgehead atoms. The highest BCUT2D eigenvalue weighted by molar-refractivity contribution is 8.13. The number of carbonyl (C=O) groups is 1. The van der Waals surface area contributed by atoms with Gasteiger partial charge in [-0.3, -0.25) is 4.79 Å². The molecule has 108 valence electrons. The molecule has 0 N–H and O–H groups in total. The summed E-state index contributed by atoms with van der Waals surface area (Å²) >= 11 is 1.17. The third-order valence-electron chi connectivity index (χ3n) is 2.69. The monoisotopic (exact) mass is 323 g/mol. The summed E-state index contributed by atoms with van der Waals surface area (Å²) in [6.45, 7) is 8.17. The zero-order valence-electron chi connectivity index (χ0n) is 11.4. The first-order valence-corrected chi connectivity index (χ1v) is 9.17. The molecule has 0 aliphatic heterocycles. The van der Waals surface area contributed by atoms with Crippen LogP contribution in [-0.4, -0.2) is 31.8 Å². The summed E-state index contributed by atoms with van der Waals surface area (Å²) in [5.74, 6) is -0.142. The Morgan fingerprint density at radius 2 is 2.05 bits per heavy atom. The number of nitrogens with zero attached hydrogens (tertiary/aromatic N) is 1. The number of hydrogen-bond acceptors (Lipinski definition) is 4. The molecular weight excluding hydrogens is 306 g/mol. The van der Waals surface area contributed by atoms with Crippen molar-refractivity contribution in [2.75, 3.05) is 6.54 Å². The van der Waals surface area contributed by atoms with Gasteiger partial charge in [-0.15, -0.1) is 11.3 Å². The van der Waals surface area contributed by atoms with E-state index in [-0.39, 0.29) is 16.8 Å². The van der Waals surface area contributed by atoms with E-state index >= 15 is 0 Å². The molecule has 0 aliphatic rings. The van der Waals surface area contributed by atoms with Gasteiger partial charge in [-0.05, 0) is 33.3 Å². The summed E-state index contributed by atoms with van der Waals surface area (Å²) in [6, 6.07) is 1.45. The Kier molecular flexibility index (Phi) is 5.41. The molecule has 0 aliphatic carbocycles. The van der Waals surface area contributed by atoms with Crippen molar-refractivity contribution in [1.29, 1.82) is 0 Å². The van der Waals surface area contributed by atoms with Crippen LogP contribution < -0.4 is 0 Å². The van der Waals surface area contributed by atoms with E-state index in [2.05, 4.69) is 0 Å². The highest BCUT2D eigenvalue weighted by atomic mass is 35.7. The van der Waals surface area contributed by atoms with Gasteiger partial charge in [0.05, 0.1) is 9.77 Å². The molecule has 1 amide bonds. The molecule has 0 spiro atoms. The van der Waals surface area contributed by atoms with Crippen LogP contribution in [0.4, 0.5) is 0 Å². The summed E-state index contributed by atoms with van der Waals surface area (Å²) in [5, 5.41) is 0. The molecule has 1 aromatic rings. The van der Waals surface area contributed by atoms with Gasteiger partial charge in [-0.25, -0.2) is 8.42 Å². The maximum Gasteiger partial charge on any atom is 0.264 e. The van der Waals surface area contributed by atoms with Crippen LogP contribution in [-0.2, 0) is 9.05 Å². The van der Waals surface area contributed by atoms with Crippen LogP contribution in [0.2, 0.25) is 0 Å². The van der Waals surface area contributed by atoms with Gasteiger partial charge in [-0.2, -0.15) is 0 Å². The van der Waals surface area contributed by atoms with Crippen molar-refractivity contribution in [2.24, 2.45) is 0 Å². The van der Waals surface area contributed by atoms with Gasteiger partial charge in [0.15, 0.2) is 0 Å². The lowest BCUT2D eigenvalue weighted by Gasteiger charge is -2.25. The fraction of sp³-hybridized carbons (Fsp3) is 0.583. The SMILES string of the molecule is CCCN(C(=O)c1cc(S(=O)(=O)Cl)c(C)s1)C(C)C. The van der Waals surface area contributed by atoms with Gasteiger partial charge in [0, 0.05) is 28.1 Å². The molecule has 0 fully saturated rings. The molecule has 0 unspecified atom stereocenters. The molecule has 19 heavy (non-hydrogen) atoms. The number of thiophene rings is 1.